The highest BCUT2D eigenvalue weighted by Gasteiger charge is 2.25. The Hall–Kier alpha value is -2.30. The molecule has 0 saturated carbocycles. The summed E-state index contributed by atoms with van der Waals surface area (Å²) in [5, 5.41) is 3.05. The fraction of sp³-hybridized carbons (Fsp3) is 0.474. The molecule has 2 aromatic rings. The Morgan fingerprint density at radius 2 is 2.17 bits per heavy atom. The lowest BCUT2D eigenvalue weighted by Crippen LogP contribution is -2.34. The van der Waals surface area contributed by atoms with Crippen molar-refractivity contribution in [2.45, 2.75) is 39.0 Å². The Bertz CT molecular complexity index is 664. The first-order valence-corrected chi connectivity index (χ1v) is 8.70. The van der Waals surface area contributed by atoms with Gasteiger partial charge in [-0.15, -0.1) is 0 Å². The van der Waals surface area contributed by atoms with Gasteiger partial charge in [-0.1, -0.05) is 17.7 Å². The molecule has 0 aliphatic heterocycles. The minimum atomic E-state index is 0.0711. The molecule has 24 heavy (non-hydrogen) atoms. The van der Waals surface area contributed by atoms with Crippen molar-refractivity contribution < 1.29 is 9.53 Å². The highest BCUT2D eigenvalue weighted by atomic mass is 16.5. The van der Waals surface area contributed by atoms with E-state index in [-0.39, 0.29) is 11.8 Å². The van der Waals surface area contributed by atoms with Crippen molar-refractivity contribution in [3.63, 3.8) is 0 Å². The minimum Gasteiger partial charge on any atom is -0.494 e. The van der Waals surface area contributed by atoms with Crippen LogP contribution in [-0.4, -0.2) is 29.0 Å². The van der Waals surface area contributed by atoms with Crippen LogP contribution in [0.5, 0.6) is 5.75 Å². The number of benzene rings is 1. The van der Waals surface area contributed by atoms with Gasteiger partial charge in [0.1, 0.15) is 5.75 Å². The highest BCUT2D eigenvalue weighted by molar-refractivity contribution is 5.79. The number of amides is 1. The third kappa shape index (κ3) is 4.37. The maximum absolute atomic E-state index is 12.2. The number of rotatable bonds is 7. The van der Waals surface area contributed by atoms with E-state index in [0.29, 0.717) is 13.2 Å². The van der Waals surface area contributed by atoms with Gasteiger partial charge in [0.15, 0.2) is 0 Å². The maximum atomic E-state index is 12.2. The molecule has 0 bridgehead atoms. The lowest BCUT2D eigenvalue weighted by molar-refractivity contribution is -0.125. The molecule has 1 heterocycles. The first kappa shape index (κ1) is 16.6. The normalized spacial score (nSPS) is 16.5. The molecular weight excluding hydrogens is 302 g/mol. The summed E-state index contributed by atoms with van der Waals surface area (Å²) in [5.74, 6) is 1.14. The molecule has 128 valence electrons. The Morgan fingerprint density at radius 1 is 1.33 bits per heavy atom. The summed E-state index contributed by atoms with van der Waals surface area (Å²) in [6.07, 6.45) is 6.14. The maximum Gasteiger partial charge on any atom is 0.223 e. The number of fused-ring (bicyclic) bond motifs is 1. The number of nitrogens with zero attached hydrogens (tertiary/aromatic N) is 1. The number of unbranched alkanes of at least 4 members (excludes halogenated alkanes) is 1. The molecule has 0 saturated heterocycles. The van der Waals surface area contributed by atoms with Gasteiger partial charge in [-0.25, -0.2) is 4.98 Å². The molecule has 2 N–H and O–H groups in total. The summed E-state index contributed by atoms with van der Waals surface area (Å²) >= 11 is 0. The van der Waals surface area contributed by atoms with Crippen molar-refractivity contribution in [3.8, 4) is 5.75 Å². The lowest BCUT2D eigenvalue weighted by atomic mass is 9.89. The smallest absolute Gasteiger partial charge is 0.223 e. The molecule has 1 unspecified atom stereocenters. The largest absolute Gasteiger partial charge is 0.494 e. The summed E-state index contributed by atoms with van der Waals surface area (Å²) in [7, 11) is 0. The minimum absolute atomic E-state index is 0.0711. The molecule has 1 aromatic carbocycles. The molecule has 1 amide bonds. The molecule has 1 aromatic heterocycles. The van der Waals surface area contributed by atoms with E-state index >= 15 is 0 Å². The fourth-order valence-corrected chi connectivity index (χ4v) is 3.03. The zero-order valence-corrected chi connectivity index (χ0v) is 14.2. The Kier molecular flexibility index (Phi) is 5.51. The van der Waals surface area contributed by atoms with Crippen LogP contribution in [0.1, 0.15) is 36.2 Å². The second-order valence-corrected chi connectivity index (χ2v) is 6.43. The number of hydrogen-bond donors (Lipinski definition) is 2. The van der Waals surface area contributed by atoms with Gasteiger partial charge >= 0.3 is 0 Å². The van der Waals surface area contributed by atoms with Crippen molar-refractivity contribution in [2.24, 2.45) is 5.92 Å². The zero-order chi connectivity index (χ0) is 16.8. The standard InChI is InChI=1S/C19H25N3O2/c1-14-4-7-16(8-5-14)24-11-3-2-10-20-19(23)15-6-9-17-18(12-15)22-13-21-17/h4-5,7-8,13,15H,2-3,6,9-12H2,1H3,(H,20,23)(H,21,22). The van der Waals surface area contributed by atoms with E-state index < -0.39 is 0 Å². The second-order valence-electron chi connectivity index (χ2n) is 6.43. The number of aromatic nitrogens is 2. The second kappa shape index (κ2) is 7.99. The summed E-state index contributed by atoms with van der Waals surface area (Å²) in [6.45, 7) is 3.45. The zero-order valence-electron chi connectivity index (χ0n) is 14.2. The van der Waals surface area contributed by atoms with Crippen molar-refractivity contribution in [1.82, 2.24) is 15.3 Å². The molecule has 0 spiro atoms. The number of hydrogen-bond acceptors (Lipinski definition) is 3. The third-order valence-corrected chi connectivity index (χ3v) is 4.52. The number of carbonyl (C=O) groups excluding carboxylic acids is 1. The number of aryl methyl sites for hydroxylation is 2. The topological polar surface area (TPSA) is 67.0 Å². The number of nitrogens with one attached hydrogen (secondary N) is 2. The molecule has 1 aliphatic rings. The van der Waals surface area contributed by atoms with Crippen molar-refractivity contribution in [3.05, 3.63) is 47.5 Å². The average molecular weight is 327 g/mol. The van der Waals surface area contributed by atoms with Gasteiger partial charge in [-0.3, -0.25) is 4.79 Å². The van der Waals surface area contributed by atoms with E-state index in [1.165, 1.54) is 5.56 Å². The highest BCUT2D eigenvalue weighted by Crippen LogP contribution is 2.22. The number of H-pyrrole nitrogens is 1. The van der Waals surface area contributed by atoms with Crippen LogP contribution in [0.4, 0.5) is 0 Å². The van der Waals surface area contributed by atoms with Crippen molar-refractivity contribution >= 4 is 5.91 Å². The average Bonchev–Trinajstić information content (AvgIpc) is 3.07. The Balaban J connectivity index is 1.29. The van der Waals surface area contributed by atoms with Crippen molar-refractivity contribution in [2.75, 3.05) is 13.2 Å². The van der Waals surface area contributed by atoms with Crippen LogP contribution in [0.25, 0.3) is 0 Å². The van der Waals surface area contributed by atoms with Gasteiger partial charge in [0, 0.05) is 24.6 Å². The molecule has 1 aliphatic carbocycles. The predicted octanol–water partition coefficient (Wildman–Crippen LogP) is 2.80. The summed E-state index contributed by atoms with van der Waals surface area (Å²) in [5.41, 5.74) is 3.47. The van der Waals surface area contributed by atoms with Gasteiger partial charge in [0.25, 0.3) is 0 Å². The quantitative estimate of drug-likeness (QED) is 0.769. The molecule has 5 nitrogen and oxygen atoms in total. The number of imidazole rings is 1. The van der Waals surface area contributed by atoms with E-state index in [9.17, 15) is 4.79 Å². The fourth-order valence-electron chi connectivity index (χ4n) is 3.03. The Morgan fingerprint density at radius 3 is 3.00 bits per heavy atom. The van der Waals surface area contributed by atoms with Crippen LogP contribution in [0.2, 0.25) is 0 Å². The summed E-state index contributed by atoms with van der Waals surface area (Å²) in [4.78, 5) is 19.7. The summed E-state index contributed by atoms with van der Waals surface area (Å²) in [6, 6.07) is 8.07. The van der Waals surface area contributed by atoms with E-state index in [1.807, 2.05) is 24.3 Å². The van der Waals surface area contributed by atoms with E-state index in [0.717, 1.165) is 49.2 Å². The molecule has 1 atom stereocenters. The van der Waals surface area contributed by atoms with Gasteiger partial charge in [0.2, 0.25) is 5.91 Å². The monoisotopic (exact) mass is 327 g/mol. The molecule has 3 rings (SSSR count). The van der Waals surface area contributed by atoms with Crippen LogP contribution in [0.3, 0.4) is 0 Å². The first-order chi connectivity index (χ1) is 11.7. The molecule has 0 fully saturated rings. The van der Waals surface area contributed by atoms with Crippen LogP contribution in [0, 0.1) is 12.8 Å². The Labute approximate surface area is 142 Å². The van der Waals surface area contributed by atoms with Gasteiger partial charge in [-0.05, 0) is 44.7 Å². The third-order valence-electron chi connectivity index (χ3n) is 4.52. The van der Waals surface area contributed by atoms with Crippen LogP contribution in [0.15, 0.2) is 30.6 Å². The van der Waals surface area contributed by atoms with Crippen molar-refractivity contribution in [1.29, 1.82) is 0 Å². The number of ether oxygens (including phenoxy) is 1. The SMILES string of the molecule is Cc1ccc(OCCCCNC(=O)C2CCc3nc[nH]c3C2)cc1. The summed E-state index contributed by atoms with van der Waals surface area (Å²) < 4.78 is 5.69. The lowest BCUT2D eigenvalue weighted by Gasteiger charge is -2.20. The van der Waals surface area contributed by atoms with Gasteiger partial charge in [0.05, 0.1) is 18.6 Å². The number of aromatic amines is 1. The molecular formula is C19H25N3O2. The van der Waals surface area contributed by atoms with E-state index in [1.54, 1.807) is 6.33 Å². The number of carbonyl (C=O) groups is 1. The van der Waals surface area contributed by atoms with E-state index in [2.05, 4.69) is 22.2 Å². The van der Waals surface area contributed by atoms with Crippen LogP contribution in [-0.2, 0) is 17.6 Å². The van der Waals surface area contributed by atoms with Gasteiger partial charge < -0.3 is 15.0 Å². The van der Waals surface area contributed by atoms with Crippen LogP contribution < -0.4 is 10.1 Å². The first-order valence-electron chi connectivity index (χ1n) is 8.70. The van der Waals surface area contributed by atoms with E-state index in [4.69, 9.17) is 4.74 Å². The predicted molar refractivity (Wildman–Crippen MR) is 93.0 cm³/mol. The molecule has 0 radical (unpaired) electrons. The van der Waals surface area contributed by atoms with Gasteiger partial charge in [-0.2, -0.15) is 0 Å². The molecule has 5 heteroatoms. The van der Waals surface area contributed by atoms with Crippen LogP contribution >= 0.6 is 0 Å².